The second-order valence-electron chi connectivity index (χ2n) is 6.49. The van der Waals surface area contributed by atoms with Crippen LogP contribution in [0.5, 0.6) is 0 Å². The maximum Gasteiger partial charge on any atom is 0.239 e. The Labute approximate surface area is 151 Å². The maximum atomic E-state index is 11.8. The number of nitrogens with one attached hydrogen (secondary N) is 3. The van der Waals surface area contributed by atoms with Gasteiger partial charge in [-0.15, -0.1) is 0 Å². The molecule has 7 nitrogen and oxygen atoms in total. The zero-order valence-corrected chi connectivity index (χ0v) is 16.1. The SMILES string of the molecule is CN=C(NCCCN(C(C)C)C(C)C)NCC(=O)NCc1ccco1. The van der Waals surface area contributed by atoms with Gasteiger partial charge in [-0.1, -0.05) is 0 Å². The Morgan fingerprint density at radius 3 is 2.48 bits per heavy atom. The second kappa shape index (κ2) is 11.5. The van der Waals surface area contributed by atoms with Crippen molar-refractivity contribution in [3.05, 3.63) is 24.2 Å². The maximum absolute atomic E-state index is 11.8. The van der Waals surface area contributed by atoms with Gasteiger partial charge in [-0.05, 0) is 46.2 Å². The average Bonchev–Trinajstić information content (AvgIpc) is 3.08. The Bertz CT molecular complexity index is 504. The van der Waals surface area contributed by atoms with E-state index in [1.807, 2.05) is 6.07 Å². The summed E-state index contributed by atoms with van der Waals surface area (Å²) in [4.78, 5) is 18.4. The summed E-state index contributed by atoms with van der Waals surface area (Å²) in [6.45, 7) is 11.3. The van der Waals surface area contributed by atoms with Gasteiger partial charge in [0.1, 0.15) is 5.76 Å². The zero-order valence-electron chi connectivity index (χ0n) is 16.1. The molecule has 0 aliphatic heterocycles. The molecule has 3 N–H and O–H groups in total. The first-order valence-electron chi connectivity index (χ1n) is 8.93. The lowest BCUT2D eigenvalue weighted by Crippen LogP contribution is -2.44. The van der Waals surface area contributed by atoms with E-state index in [1.165, 1.54) is 0 Å². The van der Waals surface area contributed by atoms with Crippen LogP contribution in [0.4, 0.5) is 0 Å². The minimum absolute atomic E-state index is 0.106. The van der Waals surface area contributed by atoms with Crippen molar-refractivity contribution in [3.63, 3.8) is 0 Å². The highest BCUT2D eigenvalue weighted by Crippen LogP contribution is 2.05. The van der Waals surface area contributed by atoms with Gasteiger partial charge in [-0.3, -0.25) is 14.7 Å². The zero-order chi connectivity index (χ0) is 18.7. The number of amides is 1. The molecule has 0 bridgehead atoms. The van der Waals surface area contributed by atoms with Crippen LogP contribution in [0.2, 0.25) is 0 Å². The van der Waals surface area contributed by atoms with Crippen LogP contribution in [0.1, 0.15) is 39.9 Å². The van der Waals surface area contributed by atoms with Crippen LogP contribution >= 0.6 is 0 Å². The third-order valence-electron chi connectivity index (χ3n) is 3.89. The molecule has 0 atom stereocenters. The van der Waals surface area contributed by atoms with Crippen LogP contribution < -0.4 is 16.0 Å². The third-order valence-corrected chi connectivity index (χ3v) is 3.89. The number of hydrogen-bond donors (Lipinski definition) is 3. The van der Waals surface area contributed by atoms with Gasteiger partial charge < -0.3 is 20.4 Å². The van der Waals surface area contributed by atoms with E-state index in [0.717, 1.165) is 25.3 Å². The number of guanidine groups is 1. The normalized spacial score (nSPS) is 12.1. The van der Waals surface area contributed by atoms with E-state index >= 15 is 0 Å². The molecule has 0 unspecified atom stereocenters. The van der Waals surface area contributed by atoms with Gasteiger partial charge in [-0.25, -0.2) is 0 Å². The minimum Gasteiger partial charge on any atom is -0.467 e. The van der Waals surface area contributed by atoms with Crippen LogP contribution in [-0.2, 0) is 11.3 Å². The first-order valence-corrected chi connectivity index (χ1v) is 8.93. The van der Waals surface area contributed by atoms with Crippen molar-refractivity contribution in [2.24, 2.45) is 4.99 Å². The number of furan rings is 1. The van der Waals surface area contributed by atoms with Crippen molar-refractivity contribution in [2.45, 2.75) is 52.7 Å². The lowest BCUT2D eigenvalue weighted by Gasteiger charge is -2.30. The van der Waals surface area contributed by atoms with E-state index in [0.29, 0.717) is 24.6 Å². The third kappa shape index (κ3) is 8.58. The Hall–Kier alpha value is -2.02. The van der Waals surface area contributed by atoms with E-state index in [-0.39, 0.29) is 12.5 Å². The highest BCUT2D eigenvalue weighted by atomic mass is 16.3. The molecule has 0 saturated heterocycles. The molecule has 1 heterocycles. The molecule has 25 heavy (non-hydrogen) atoms. The second-order valence-corrected chi connectivity index (χ2v) is 6.49. The van der Waals surface area contributed by atoms with Crippen molar-refractivity contribution in [2.75, 3.05) is 26.7 Å². The van der Waals surface area contributed by atoms with Crippen molar-refractivity contribution in [1.82, 2.24) is 20.9 Å². The van der Waals surface area contributed by atoms with E-state index < -0.39 is 0 Å². The molecule has 0 saturated carbocycles. The standard InChI is InChI=1S/C18H33N5O2/c1-14(2)23(15(3)4)10-7-9-20-18(19-5)22-13-17(24)21-12-16-8-6-11-25-16/h6,8,11,14-15H,7,9-10,12-13H2,1-5H3,(H,21,24)(H2,19,20,22). The van der Waals surface area contributed by atoms with Crippen molar-refractivity contribution >= 4 is 11.9 Å². The molecule has 1 rings (SSSR count). The van der Waals surface area contributed by atoms with E-state index in [1.54, 1.807) is 19.4 Å². The number of rotatable bonds is 10. The molecule has 0 radical (unpaired) electrons. The molecule has 1 amide bonds. The van der Waals surface area contributed by atoms with Gasteiger partial charge in [0.15, 0.2) is 5.96 Å². The Kier molecular flexibility index (Phi) is 9.69. The predicted molar refractivity (Wildman–Crippen MR) is 102 cm³/mol. The molecule has 1 aromatic rings. The van der Waals surface area contributed by atoms with Crippen molar-refractivity contribution in [3.8, 4) is 0 Å². The van der Waals surface area contributed by atoms with Crippen LogP contribution in [-0.4, -0.2) is 55.5 Å². The van der Waals surface area contributed by atoms with E-state index in [2.05, 4.69) is 53.5 Å². The fraction of sp³-hybridized carbons (Fsp3) is 0.667. The number of hydrogen-bond acceptors (Lipinski definition) is 4. The molecular formula is C18H33N5O2. The van der Waals surface area contributed by atoms with E-state index in [9.17, 15) is 4.79 Å². The van der Waals surface area contributed by atoms with Gasteiger partial charge >= 0.3 is 0 Å². The Morgan fingerprint density at radius 2 is 1.92 bits per heavy atom. The van der Waals surface area contributed by atoms with Gasteiger partial charge in [0.2, 0.25) is 5.91 Å². The number of nitrogens with zero attached hydrogens (tertiary/aromatic N) is 2. The van der Waals surface area contributed by atoms with Gasteiger partial charge in [0.25, 0.3) is 0 Å². The summed E-state index contributed by atoms with van der Waals surface area (Å²) in [7, 11) is 1.70. The molecule has 142 valence electrons. The summed E-state index contributed by atoms with van der Waals surface area (Å²) in [6.07, 6.45) is 2.60. The monoisotopic (exact) mass is 351 g/mol. The summed E-state index contributed by atoms with van der Waals surface area (Å²) in [5.74, 6) is 1.26. The summed E-state index contributed by atoms with van der Waals surface area (Å²) < 4.78 is 5.17. The fourth-order valence-corrected chi connectivity index (χ4v) is 2.63. The molecule has 0 aliphatic carbocycles. The van der Waals surface area contributed by atoms with Crippen LogP contribution in [0.3, 0.4) is 0 Å². The summed E-state index contributed by atoms with van der Waals surface area (Å²) >= 11 is 0. The number of carbonyl (C=O) groups excluding carboxylic acids is 1. The van der Waals surface area contributed by atoms with Crippen LogP contribution in [0.15, 0.2) is 27.8 Å². The van der Waals surface area contributed by atoms with Crippen LogP contribution in [0.25, 0.3) is 0 Å². The first-order chi connectivity index (χ1) is 11.9. The van der Waals surface area contributed by atoms with Gasteiger partial charge in [0, 0.05) is 32.2 Å². The molecule has 7 heteroatoms. The topological polar surface area (TPSA) is 81.9 Å². The summed E-state index contributed by atoms with van der Waals surface area (Å²) in [6, 6.07) is 4.70. The highest BCUT2D eigenvalue weighted by Gasteiger charge is 2.12. The van der Waals surface area contributed by atoms with Gasteiger partial charge in [0.05, 0.1) is 19.4 Å². The molecule has 0 aliphatic rings. The molecule has 1 aromatic heterocycles. The van der Waals surface area contributed by atoms with Crippen LogP contribution in [0, 0.1) is 0 Å². The van der Waals surface area contributed by atoms with Crippen molar-refractivity contribution < 1.29 is 9.21 Å². The minimum atomic E-state index is -0.106. The Balaban J connectivity index is 2.20. The molecule has 0 fully saturated rings. The molecule has 0 aromatic carbocycles. The number of aliphatic imine (C=N–C) groups is 1. The lowest BCUT2D eigenvalue weighted by molar-refractivity contribution is -0.120. The van der Waals surface area contributed by atoms with Crippen molar-refractivity contribution in [1.29, 1.82) is 0 Å². The Morgan fingerprint density at radius 1 is 1.20 bits per heavy atom. The van der Waals surface area contributed by atoms with E-state index in [4.69, 9.17) is 4.42 Å². The number of carbonyl (C=O) groups is 1. The smallest absolute Gasteiger partial charge is 0.239 e. The average molecular weight is 351 g/mol. The highest BCUT2D eigenvalue weighted by molar-refractivity contribution is 5.86. The fourth-order valence-electron chi connectivity index (χ4n) is 2.63. The molecule has 0 spiro atoms. The predicted octanol–water partition coefficient (Wildman–Crippen LogP) is 1.57. The quantitative estimate of drug-likeness (QED) is 0.339. The molecular weight excluding hydrogens is 318 g/mol. The largest absolute Gasteiger partial charge is 0.467 e. The van der Waals surface area contributed by atoms with Gasteiger partial charge in [-0.2, -0.15) is 0 Å². The lowest BCUT2D eigenvalue weighted by atomic mass is 10.2. The first kappa shape index (κ1) is 21.0. The summed E-state index contributed by atoms with van der Waals surface area (Å²) in [5, 5.41) is 9.04. The summed E-state index contributed by atoms with van der Waals surface area (Å²) in [5.41, 5.74) is 0.